The van der Waals surface area contributed by atoms with Crippen LogP contribution in [0.2, 0.25) is 0 Å². The van der Waals surface area contributed by atoms with Crippen molar-refractivity contribution in [2.45, 2.75) is 27.7 Å². The molecule has 24 heavy (non-hydrogen) atoms. The molecule has 0 unspecified atom stereocenters. The summed E-state index contributed by atoms with van der Waals surface area (Å²) >= 11 is 0. The normalized spacial score (nSPS) is 8.00. The van der Waals surface area contributed by atoms with Crippen molar-refractivity contribution in [3.05, 3.63) is 46.5 Å². The van der Waals surface area contributed by atoms with Crippen LogP contribution in [0.4, 0.5) is 11.4 Å². The van der Waals surface area contributed by atoms with E-state index in [4.69, 9.17) is 11.5 Å². The summed E-state index contributed by atoms with van der Waals surface area (Å²) in [5.41, 5.74) is 20.9. The summed E-state index contributed by atoms with van der Waals surface area (Å²) in [5.74, 6) is 0. The van der Waals surface area contributed by atoms with Gasteiger partial charge in [0.2, 0.25) is 0 Å². The van der Waals surface area contributed by atoms with Crippen molar-refractivity contribution in [2.24, 2.45) is 0 Å². The minimum Gasteiger partial charge on any atom is -0.412 e. The number of anilines is 2. The van der Waals surface area contributed by atoms with Crippen molar-refractivity contribution >= 4 is 36.2 Å². The lowest BCUT2D eigenvalue weighted by molar-refractivity contribution is 0.823. The standard InChI is InChI=1S/C16H20N2.2ClH.4H2O/c1-9-11(3)16(18)12(4)10(2)15(9)13-5-7-14(17)8-6-13;;;;;;/h5-8H,17-18H2,1-4H3;2*1H;4*1H2. The van der Waals surface area contributed by atoms with Crippen molar-refractivity contribution < 1.29 is 21.9 Å². The topological polar surface area (TPSA) is 178 Å². The van der Waals surface area contributed by atoms with Crippen LogP contribution in [0.1, 0.15) is 22.3 Å². The maximum atomic E-state index is 6.13. The number of hydrogen-bond acceptors (Lipinski definition) is 2. The van der Waals surface area contributed by atoms with Gasteiger partial charge in [0.15, 0.2) is 0 Å². The first-order valence-electron chi connectivity index (χ1n) is 6.15. The van der Waals surface area contributed by atoms with Crippen LogP contribution in [-0.4, -0.2) is 21.9 Å². The fourth-order valence-corrected chi connectivity index (χ4v) is 2.42. The first-order valence-corrected chi connectivity index (χ1v) is 6.15. The second-order valence-corrected chi connectivity index (χ2v) is 4.91. The van der Waals surface area contributed by atoms with Gasteiger partial charge in [-0.05, 0) is 73.2 Å². The molecule has 0 amide bonds. The summed E-state index contributed by atoms with van der Waals surface area (Å²) in [6.45, 7) is 8.42. The smallest absolute Gasteiger partial charge is 0.0379 e. The Hall–Kier alpha value is -1.54. The lowest BCUT2D eigenvalue weighted by atomic mass is 9.88. The molecular formula is C16H30Cl2N2O4. The van der Waals surface area contributed by atoms with Crippen molar-refractivity contribution in [2.75, 3.05) is 11.5 Å². The van der Waals surface area contributed by atoms with E-state index in [0.29, 0.717) is 0 Å². The van der Waals surface area contributed by atoms with Crippen molar-refractivity contribution in [1.29, 1.82) is 0 Å². The third-order valence-corrected chi connectivity index (χ3v) is 3.88. The number of nitrogens with two attached hydrogens (primary N) is 2. The lowest BCUT2D eigenvalue weighted by Gasteiger charge is -2.18. The Bertz CT molecular complexity index is 591. The molecule has 0 aliphatic rings. The predicted octanol–water partition coefficient (Wildman–Crippen LogP) is 1.30. The zero-order valence-corrected chi connectivity index (χ0v) is 15.9. The van der Waals surface area contributed by atoms with Gasteiger partial charge in [0.05, 0.1) is 0 Å². The molecule has 6 nitrogen and oxygen atoms in total. The highest BCUT2D eigenvalue weighted by Crippen LogP contribution is 2.35. The molecule has 2 aromatic rings. The molecular weight excluding hydrogens is 355 g/mol. The molecule has 2 rings (SSSR count). The fraction of sp³-hybridized carbons (Fsp3) is 0.250. The summed E-state index contributed by atoms with van der Waals surface area (Å²) < 4.78 is 0. The fourth-order valence-electron chi connectivity index (χ4n) is 2.42. The number of benzene rings is 2. The molecule has 0 saturated carbocycles. The Labute approximate surface area is 155 Å². The number of halogens is 2. The van der Waals surface area contributed by atoms with Gasteiger partial charge < -0.3 is 33.4 Å². The van der Waals surface area contributed by atoms with Gasteiger partial charge in [-0.2, -0.15) is 0 Å². The van der Waals surface area contributed by atoms with E-state index in [1.165, 1.54) is 33.4 Å². The third-order valence-electron chi connectivity index (χ3n) is 3.88. The predicted molar refractivity (Wildman–Crippen MR) is 109 cm³/mol. The highest BCUT2D eigenvalue weighted by Gasteiger charge is 2.13. The molecule has 0 aliphatic carbocycles. The summed E-state index contributed by atoms with van der Waals surface area (Å²) in [7, 11) is 0. The SMILES string of the molecule is Cc1c(C)c(-c2ccc(N)cc2)c(C)c(C)c1N.Cl.Cl.O.O.O.O. The van der Waals surface area contributed by atoms with E-state index in [1.54, 1.807) is 0 Å². The van der Waals surface area contributed by atoms with Crippen LogP contribution >= 0.6 is 24.8 Å². The molecule has 0 radical (unpaired) electrons. The van der Waals surface area contributed by atoms with Crippen LogP contribution in [0.5, 0.6) is 0 Å². The molecule has 0 fully saturated rings. The zero-order chi connectivity index (χ0) is 13.4. The molecule has 0 aliphatic heterocycles. The van der Waals surface area contributed by atoms with Crippen LogP contribution in [0.3, 0.4) is 0 Å². The Balaban J connectivity index is -0.000000201. The molecule has 142 valence electrons. The Morgan fingerprint density at radius 1 is 0.583 bits per heavy atom. The van der Waals surface area contributed by atoms with Gasteiger partial charge in [0.1, 0.15) is 0 Å². The highest BCUT2D eigenvalue weighted by molar-refractivity contribution is 5.85. The maximum Gasteiger partial charge on any atom is 0.0379 e. The van der Waals surface area contributed by atoms with E-state index in [0.717, 1.165) is 11.4 Å². The van der Waals surface area contributed by atoms with Gasteiger partial charge >= 0.3 is 0 Å². The van der Waals surface area contributed by atoms with Gasteiger partial charge in [-0.1, -0.05) is 12.1 Å². The van der Waals surface area contributed by atoms with E-state index >= 15 is 0 Å². The Kier molecular flexibility index (Phi) is 18.1. The second kappa shape index (κ2) is 12.8. The van der Waals surface area contributed by atoms with Crippen molar-refractivity contribution in [1.82, 2.24) is 0 Å². The number of nitrogen functional groups attached to an aromatic ring is 2. The first-order chi connectivity index (χ1) is 8.43. The molecule has 0 atom stereocenters. The molecule has 12 N–H and O–H groups in total. The van der Waals surface area contributed by atoms with E-state index in [-0.39, 0.29) is 46.7 Å². The van der Waals surface area contributed by atoms with Gasteiger partial charge in [0, 0.05) is 11.4 Å². The van der Waals surface area contributed by atoms with Gasteiger partial charge in [-0.15, -0.1) is 24.8 Å². The molecule has 0 saturated heterocycles. The van der Waals surface area contributed by atoms with Crippen LogP contribution in [0.15, 0.2) is 24.3 Å². The monoisotopic (exact) mass is 384 g/mol. The van der Waals surface area contributed by atoms with Gasteiger partial charge in [0.25, 0.3) is 0 Å². The third kappa shape index (κ3) is 5.83. The van der Waals surface area contributed by atoms with Crippen LogP contribution in [-0.2, 0) is 0 Å². The first kappa shape index (κ1) is 33.9. The van der Waals surface area contributed by atoms with Gasteiger partial charge in [-0.25, -0.2) is 0 Å². The average Bonchev–Trinajstić information content (AvgIpc) is 2.36. The minimum absolute atomic E-state index is 0. The average molecular weight is 385 g/mol. The minimum atomic E-state index is 0. The number of rotatable bonds is 1. The summed E-state index contributed by atoms with van der Waals surface area (Å²) in [6, 6.07) is 8.02. The summed E-state index contributed by atoms with van der Waals surface area (Å²) in [4.78, 5) is 0. The lowest BCUT2D eigenvalue weighted by Crippen LogP contribution is -2.02. The largest absolute Gasteiger partial charge is 0.412 e. The molecule has 2 aromatic carbocycles. The van der Waals surface area contributed by atoms with Crippen LogP contribution in [0, 0.1) is 27.7 Å². The molecule has 8 heteroatoms. The molecule has 0 aromatic heterocycles. The summed E-state index contributed by atoms with van der Waals surface area (Å²) in [6.07, 6.45) is 0. The number of hydrogen-bond donors (Lipinski definition) is 2. The molecule has 0 bridgehead atoms. The second-order valence-electron chi connectivity index (χ2n) is 4.91. The zero-order valence-electron chi connectivity index (χ0n) is 14.3. The van der Waals surface area contributed by atoms with Crippen molar-refractivity contribution in [3.63, 3.8) is 0 Å². The quantitative estimate of drug-likeness (QED) is 0.703. The van der Waals surface area contributed by atoms with E-state index < -0.39 is 0 Å². The van der Waals surface area contributed by atoms with E-state index in [1.807, 2.05) is 12.1 Å². The van der Waals surface area contributed by atoms with Crippen molar-refractivity contribution in [3.8, 4) is 11.1 Å². The van der Waals surface area contributed by atoms with E-state index in [9.17, 15) is 0 Å². The molecule has 0 heterocycles. The van der Waals surface area contributed by atoms with Crippen LogP contribution in [0.25, 0.3) is 11.1 Å². The molecule has 0 spiro atoms. The Morgan fingerprint density at radius 2 is 0.917 bits per heavy atom. The van der Waals surface area contributed by atoms with E-state index in [2.05, 4.69) is 39.8 Å². The van der Waals surface area contributed by atoms with Gasteiger partial charge in [-0.3, -0.25) is 0 Å². The Morgan fingerprint density at radius 3 is 1.25 bits per heavy atom. The summed E-state index contributed by atoms with van der Waals surface area (Å²) in [5, 5.41) is 0. The highest BCUT2D eigenvalue weighted by atomic mass is 35.5. The van der Waals surface area contributed by atoms with Crippen LogP contribution < -0.4 is 11.5 Å². The maximum absolute atomic E-state index is 6.13.